The highest BCUT2D eigenvalue weighted by molar-refractivity contribution is 6.11. The highest BCUT2D eigenvalue weighted by Crippen LogP contribution is 2.58. The Morgan fingerprint density at radius 1 is 1.12 bits per heavy atom. The van der Waals surface area contributed by atoms with E-state index in [2.05, 4.69) is 12.2 Å². The number of pyridine rings is 1. The van der Waals surface area contributed by atoms with Gasteiger partial charge >= 0.3 is 5.97 Å². The van der Waals surface area contributed by atoms with E-state index in [9.17, 15) is 19.2 Å². The van der Waals surface area contributed by atoms with Crippen LogP contribution in [-0.2, 0) is 19.1 Å². The molecular formula is C34H40N2O6. The van der Waals surface area contributed by atoms with Crippen LogP contribution in [0.5, 0.6) is 5.75 Å². The second-order valence-corrected chi connectivity index (χ2v) is 12.8. The van der Waals surface area contributed by atoms with Gasteiger partial charge in [0.2, 0.25) is 5.91 Å². The monoisotopic (exact) mass is 572 g/mol. The number of benzene rings is 1. The molecule has 1 saturated carbocycles. The first-order valence-corrected chi connectivity index (χ1v) is 15.5. The number of allylic oxidation sites excluding steroid dienone is 2. The van der Waals surface area contributed by atoms with Crippen molar-refractivity contribution in [2.24, 2.45) is 17.3 Å². The molecule has 1 aromatic heterocycles. The molecule has 5 atom stereocenters. The molecule has 8 nitrogen and oxygen atoms in total. The standard InChI is InChI=1S/C34H40N2O6/c1-4-41-32(40)34-16-23(34)13-9-7-5-6-8-12-21(2)31(39)36-20-33(17-26(36)27(37)19-34)18-28(38)29-24-14-10-11-15-25(24)35-22(3)30(29)42-33/h9-11,13-15,21,23,26H,4-8,12,16-20H2,1-3H3/b13-9-/t21-,23+,26-,33-,34+/m0/s1. The Morgan fingerprint density at radius 3 is 2.74 bits per heavy atom. The van der Waals surface area contributed by atoms with Gasteiger partial charge in [0.25, 0.3) is 0 Å². The molecule has 0 bridgehead atoms. The number of hydrogen-bond acceptors (Lipinski definition) is 7. The Kier molecular flexibility index (Phi) is 7.44. The van der Waals surface area contributed by atoms with Gasteiger partial charge in [-0.1, -0.05) is 50.1 Å². The number of amides is 1. The zero-order valence-corrected chi connectivity index (χ0v) is 24.8. The van der Waals surface area contributed by atoms with Crippen LogP contribution < -0.4 is 4.74 Å². The summed E-state index contributed by atoms with van der Waals surface area (Å²) in [7, 11) is 0. The first kappa shape index (κ1) is 28.6. The number of hydrogen-bond donors (Lipinski definition) is 0. The zero-order chi connectivity index (χ0) is 29.6. The molecule has 222 valence electrons. The number of esters is 1. The van der Waals surface area contributed by atoms with Crippen molar-refractivity contribution in [1.82, 2.24) is 9.88 Å². The molecule has 1 saturated heterocycles. The lowest BCUT2D eigenvalue weighted by molar-refractivity contribution is -0.152. The van der Waals surface area contributed by atoms with Crippen molar-refractivity contribution in [1.29, 1.82) is 0 Å². The number of rotatable bonds is 2. The second-order valence-electron chi connectivity index (χ2n) is 12.8. The summed E-state index contributed by atoms with van der Waals surface area (Å²) < 4.78 is 12.1. The third-order valence-electron chi connectivity index (χ3n) is 9.76. The summed E-state index contributed by atoms with van der Waals surface area (Å²) in [5.41, 5.74) is -0.0550. The fourth-order valence-electron chi connectivity index (χ4n) is 7.38. The average molecular weight is 573 g/mol. The Hall–Kier alpha value is -3.55. The van der Waals surface area contributed by atoms with Crippen LogP contribution in [0.1, 0.15) is 87.7 Å². The van der Waals surface area contributed by atoms with E-state index in [1.165, 1.54) is 0 Å². The molecule has 4 heterocycles. The van der Waals surface area contributed by atoms with Crippen molar-refractivity contribution < 1.29 is 28.7 Å². The molecule has 8 heteroatoms. The average Bonchev–Trinajstić information content (AvgIpc) is 3.54. The number of nitrogens with zero attached hydrogens (tertiary/aromatic N) is 2. The predicted octanol–water partition coefficient (Wildman–Crippen LogP) is 5.53. The molecule has 2 aromatic rings. The SMILES string of the molecule is CCOC(=O)[C@]12CC(=O)[C@@H]3C[C@]4(CC(=O)c5c(c(C)nc6ccccc56)O4)CN3C(=O)[C@@H](C)CCCCC/C=C\[C@@H]1C2. The van der Waals surface area contributed by atoms with E-state index in [4.69, 9.17) is 14.5 Å². The maximum absolute atomic E-state index is 14.2. The number of aromatic nitrogens is 1. The molecule has 0 N–H and O–H groups in total. The first-order valence-electron chi connectivity index (χ1n) is 15.5. The lowest BCUT2D eigenvalue weighted by atomic mass is 9.84. The van der Waals surface area contributed by atoms with E-state index >= 15 is 0 Å². The number of carbonyl (C=O) groups excluding carboxylic acids is 4. The maximum Gasteiger partial charge on any atom is 0.313 e. The summed E-state index contributed by atoms with van der Waals surface area (Å²) in [5.74, 6) is -0.538. The maximum atomic E-state index is 14.2. The molecule has 2 fully saturated rings. The Labute approximate surface area is 246 Å². The van der Waals surface area contributed by atoms with Crippen molar-refractivity contribution in [2.75, 3.05) is 13.2 Å². The van der Waals surface area contributed by atoms with E-state index in [1.807, 2.05) is 38.1 Å². The molecule has 4 aliphatic rings. The highest BCUT2D eigenvalue weighted by atomic mass is 16.5. The molecule has 0 radical (unpaired) electrons. The van der Waals surface area contributed by atoms with Crippen molar-refractivity contribution in [3.63, 3.8) is 0 Å². The van der Waals surface area contributed by atoms with Crippen LogP contribution in [0.3, 0.4) is 0 Å². The topological polar surface area (TPSA) is 103 Å². The minimum Gasteiger partial charge on any atom is -0.482 e. The Balaban J connectivity index is 1.36. The quantitative estimate of drug-likeness (QED) is 0.344. The van der Waals surface area contributed by atoms with Crippen LogP contribution in [0, 0.1) is 24.2 Å². The summed E-state index contributed by atoms with van der Waals surface area (Å²) in [4.78, 5) is 61.4. The first-order chi connectivity index (χ1) is 20.2. The fourth-order valence-corrected chi connectivity index (χ4v) is 7.38. The summed E-state index contributed by atoms with van der Waals surface area (Å²) in [6.07, 6.45) is 9.66. The molecule has 1 amide bonds. The molecule has 3 aliphatic heterocycles. The van der Waals surface area contributed by atoms with Crippen molar-refractivity contribution in [3.8, 4) is 5.75 Å². The fraction of sp³-hybridized carbons (Fsp3) is 0.559. The molecule has 42 heavy (non-hydrogen) atoms. The van der Waals surface area contributed by atoms with Gasteiger partial charge in [-0.25, -0.2) is 4.98 Å². The number of aryl methyl sites for hydroxylation is 1. The molecular weight excluding hydrogens is 532 g/mol. The van der Waals surface area contributed by atoms with Crippen LogP contribution >= 0.6 is 0 Å². The summed E-state index contributed by atoms with van der Waals surface area (Å²) in [6.45, 7) is 5.92. The van der Waals surface area contributed by atoms with Gasteiger partial charge in [0, 0.05) is 24.1 Å². The van der Waals surface area contributed by atoms with Gasteiger partial charge in [-0.3, -0.25) is 19.2 Å². The lowest BCUT2D eigenvalue weighted by Crippen LogP contribution is -2.47. The number of carbonyl (C=O) groups is 4. The van der Waals surface area contributed by atoms with Crippen molar-refractivity contribution in [2.45, 2.75) is 90.2 Å². The van der Waals surface area contributed by atoms with Gasteiger partial charge in [-0.2, -0.15) is 0 Å². The third kappa shape index (κ3) is 4.92. The zero-order valence-electron chi connectivity index (χ0n) is 24.8. The second kappa shape index (κ2) is 10.9. The summed E-state index contributed by atoms with van der Waals surface area (Å²) in [6, 6.07) is 6.75. The van der Waals surface area contributed by atoms with E-state index in [0.717, 1.165) is 43.0 Å². The smallest absolute Gasteiger partial charge is 0.313 e. The number of Topliss-reactive ketones (excluding diaryl/α,β-unsaturated/α-hetero) is 2. The van der Waals surface area contributed by atoms with Gasteiger partial charge in [-0.15, -0.1) is 0 Å². The number of ketones is 2. The van der Waals surface area contributed by atoms with Crippen LogP contribution in [-0.4, -0.2) is 58.1 Å². The van der Waals surface area contributed by atoms with Crippen molar-refractivity contribution >= 4 is 34.3 Å². The van der Waals surface area contributed by atoms with E-state index in [1.54, 1.807) is 11.8 Å². The molecule has 1 spiro atoms. The lowest BCUT2D eigenvalue weighted by Gasteiger charge is -2.35. The number of para-hydroxylation sites is 1. The van der Waals surface area contributed by atoms with Crippen molar-refractivity contribution in [3.05, 3.63) is 47.7 Å². The van der Waals surface area contributed by atoms with Gasteiger partial charge in [0.15, 0.2) is 17.3 Å². The molecule has 1 aliphatic carbocycles. The van der Waals surface area contributed by atoms with Gasteiger partial charge < -0.3 is 14.4 Å². The minimum atomic E-state index is -1.03. The molecule has 0 unspecified atom stereocenters. The molecule has 6 rings (SSSR count). The van der Waals surface area contributed by atoms with Gasteiger partial charge in [-0.05, 0) is 51.5 Å². The summed E-state index contributed by atoms with van der Waals surface area (Å²) >= 11 is 0. The van der Waals surface area contributed by atoms with Gasteiger partial charge in [0.1, 0.15) is 5.60 Å². The Bertz CT molecular complexity index is 1480. The van der Waals surface area contributed by atoms with E-state index < -0.39 is 17.1 Å². The van der Waals surface area contributed by atoms with E-state index in [0.29, 0.717) is 23.4 Å². The van der Waals surface area contributed by atoms with Gasteiger partial charge in [0.05, 0.1) is 47.8 Å². The minimum absolute atomic E-state index is 0.00943. The summed E-state index contributed by atoms with van der Waals surface area (Å²) in [5, 5.41) is 0.746. The Morgan fingerprint density at radius 2 is 1.93 bits per heavy atom. The number of ether oxygens (including phenoxy) is 2. The van der Waals surface area contributed by atoms with Crippen LogP contribution in [0.25, 0.3) is 10.9 Å². The van der Waals surface area contributed by atoms with Crippen LogP contribution in [0.4, 0.5) is 0 Å². The van der Waals surface area contributed by atoms with Crippen LogP contribution in [0.15, 0.2) is 36.4 Å². The highest BCUT2D eigenvalue weighted by Gasteiger charge is 2.63. The molecule has 1 aromatic carbocycles. The normalized spacial score (nSPS) is 32.3. The predicted molar refractivity (Wildman–Crippen MR) is 157 cm³/mol. The number of fused-ring (bicyclic) bond motifs is 5. The van der Waals surface area contributed by atoms with E-state index in [-0.39, 0.29) is 67.7 Å². The van der Waals surface area contributed by atoms with Crippen LogP contribution in [0.2, 0.25) is 0 Å². The third-order valence-corrected chi connectivity index (χ3v) is 9.76. The largest absolute Gasteiger partial charge is 0.482 e.